The monoisotopic (exact) mass is 426 g/mol. The minimum absolute atomic E-state index is 0.0394. The minimum atomic E-state index is -4.75. The van der Waals surface area contributed by atoms with Crippen LogP contribution in [-0.4, -0.2) is 64.4 Å². The molecule has 156 valence electrons. The van der Waals surface area contributed by atoms with E-state index >= 15 is 0 Å². The molecule has 0 aromatic rings. The van der Waals surface area contributed by atoms with Crippen LogP contribution in [0, 0.1) is 5.41 Å². The van der Waals surface area contributed by atoms with Crippen LogP contribution in [0.15, 0.2) is 0 Å². The van der Waals surface area contributed by atoms with E-state index < -0.39 is 37.8 Å². The number of amides is 2. The van der Waals surface area contributed by atoms with Crippen molar-refractivity contribution >= 4 is 37.4 Å². The van der Waals surface area contributed by atoms with Gasteiger partial charge in [0.15, 0.2) is 6.10 Å². The van der Waals surface area contributed by atoms with Crippen LogP contribution in [-0.2, 0) is 28.2 Å². The standard InChI is InChI=1S/C15H27N2O8PS/c1-10-8-12(19)25-13(15(2,3)9-24-26(21,22)23)14(20)17-5-4-11(18)16-6-7-27-10/h10,13H,4-9H2,1-3H3,(H,16,18)(H,17,20)(H2,21,22,23)/t10?,13-/m0/s1. The van der Waals surface area contributed by atoms with E-state index in [0.717, 1.165) is 0 Å². The third-order valence-corrected chi connectivity index (χ3v) is 5.37. The fourth-order valence-electron chi connectivity index (χ4n) is 2.30. The topological polar surface area (TPSA) is 151 Å². The molecular weight excluding hydrogens is 399 g/mol. The van der Waals surface area contributed by atoms with E-state index in [1.165, 1.54) is 25.6 Å². The maximum Gasteiger partial charge on any atom is 0.469 e. The van der Waals surface area contributed by atoms with Crippen LogP contribution in [0.4, 0.5) is 0 Å². The molecule has 0 radical (unpaired) electrons. The zero-order chi connectivity index (χ0) is 20.7. The smallest absolute Gasteiger partial charge is 0.452 e. The predicted molar refractivity (Wildman–Crippen MR) is 98.8 cm³/mol. The maximum absolute atomic E-state index is 12.5. The summed E-state index contributed by atoms with van der Waals surface area (Å²) >= 11 is 1.49. The number of nitrogens with one attached hydrogen (secondary N) is 2. The molecular formula is C15H27N2O8PS. The molecule has 1 fully saturated rings. The van der Waals surface area contributed by atoms with Crippen molar-refractivity contribution in [1.82, 2.24) is 10.6 Å². The molecule has 0 bridgehead atoms. The molecule has 10 nitrogen and oxygen atoms in total. The number of hydrogen-bond donors (Lipinski definition) is 4. The van der Waals surface area contributed by atoms with Crippen LogP contribution in [0.1, 0.15) is 33.6 Å². The van der Waals surface area contributed by atoms with Crippen LogP contribution in [0.25, 0.3) is 0 Å². The number of cyclic esters (lactones) is 1. The summed E-state index contributed by atoms with van der Waals surface area (Å²) in [5.41, 5.74) is -1.21. The summed E-state index contributed by atoms with van der Waals surface area (Å²) in [6, 6.07) is 0. The van der Waals surface area contributed by atoms with Crippen molar-refractivity contribution in [2.24, 2.45) is 5.41 Å². The lowest BCUT2D eigenvalue weighted by Crippen LogP contribution is -2.49. The van der Waals surface area contributed by atoms with Crippen molar-refractivity contribution in [2.45, 2.75) is 45.0 Å². The zero-order valence-electron chi connectivity index (χ0n) is 15.6. The molecule has 1 aliphatic heterocycles. The van der Waals surface area contributed by atoms with E-state index in [1.807, 2.05) is 6.92 Å². The Balaban J connectivity index is 2.93. The van der Waals surface area contributed by atoms with Crippen molar-refractivity contribution in [1.29, 1.82) is 0 Å². The van der Waals surface area contributed by atoms with Gasteiger partial charge in [0.1, 0.15) is 0 Å². The number of hydrogen-bond acceptors (Lipinski definition) is 7. The zero-order valence-corrected chi connectivity index (χ0v) is 17.3. The molecule has 1 saturated heterocycles. The Hall–Kier alpha value is -1.13. The van der Waals surface area contributed by atoms with Gasteiger partial charge in [-0.3, -0.25) is 18.9 Å². The molecule has 0 spiro atoms. The van der Waals surface area contributed by atoms with E-state index in [1.54, 1.807) is 0 Å². The quantitative estimate of drug-likeness (QED) is 0.364. The van der Waals surface area contributed by atoms with Crippen LogP contribution in [0.2, 0.25) is 0 Å². The fourth-order valence-corrected chi connectivity index (χ4v) is 3.68. The lowest BCUT2D eigenvalue weighted by Gasteiger charge is -2.32. The van der Waals surface area contributed by atoms with Gasteiger partial charge in [0.2, 0.25) is 5.91 Å². The highest BCUT2D eigenvalue weighted by atomic mass is 32.2. The number of phosphoric acid groups is 1. The molecule has 0 aromatic carbocycles. The van der Waals surface area contributed by atoms with Gasteiger partial charge < -0.3 is 25.2 Å². The van der Waals surface area contributed by atoms with Gasteiger partial charge in [0.25, 0.3) is 5.91 Å². The number of carbonyl (C=O) groups excluding carboxylic acids is 3. The van der Waals surface area contributed by atoms with E-state index in [-0.39, 0.29) is 30.5 Å². The van der Waals surface area contributed by atoms with Gasteiger partial charge in [-0.05, 0) is 0 Å². The summed E-state index contributed by atoms with van der Waals surface area (Å²) in [6.07, 6.45) is -1.22. The Morgan fingerprint density at radius 2 is 1.93 bits per heavy atom. The summed E-state index contributed by atoms with van der Waals surface area (Å²) < 4.78 is 20.8. The molecule has 27 heavy (non-hydrogen) atoms. The molecule has 0 aromatic heterocycles. The predicted octanol–water partition coefficient (Wildman–Crippen LogP) is 0.182. The van der Waals surface area contributed by atoms with Gasteiger partial charge in [-0.2, -0.15) is 11.8 Å². The van der Waals surface area contributed by atoms with E-state index in [9.17, 15) is 18.9 Å². The molecule has 1 unspecified atom stereocenters. The van der Waals surface area contributed by atoms with Gasteiger partial charge in [-0.1, -0.05) is 20.8 Å². The van der Waals surface area contributed by atoms with Crippen molar-refractivity contribution < 1.29 is 38.0 Å². The van der Waals surface area contributed by atoms with Crippen LogP contribution < -0.4 is 10.6 Å². The summed E-state index contributed by atoms with van der Waals surface area (Å²) in [6.45, 7) is 4.82. The van der Waals surface area contributed by atoms with Crippen molar-refractivity contribution in [3.05, 3.63) is 0 Å². The second-order valence-electron chi connectivity index (χ2n) is 6.90. The molecule has 1 rings (SSSR count). The Morgan fingerprint density at radius 3 is 2.56 bits per heavy atom. The average molecular weight is 426 g/mol. The highest BCUT2D eigenvalue weighted by Gasteiger charge is 2.40. The van der Waals surface area contributed by atoms with Crippen molar-refractivity contribution in [3.63, 3.8) is 0 Å². The van der Waals surface area contributed by atoms with Gasteiger partial charge in [-0.15, -0.1) is 0 Å². The second kappa shape index (κ2) is 10.4. The van der Waals surface area contributed by atoms with E-state index in [0.29, 0.717) is 12.3 Å². The maximum atomic E-state index is 12.5. The van der Waals surface area contributed by atoms with E-state index in [2.05, 4.69) is 15.2 Å². The van der Waals surface area contributed by atoms with Crippen molar-refractivity contribution in [3.8, 4) is 0 Å². The minimum Gasteiger partial charge on any atom is -0.452 e. The lowest BCUT2D eigenvalue weighted by molar-refractivity contribution is -0.165. The Morgan fingerprint density at radius 1 is 1.26 bits per heavy atom. The van der Waals surface area contributed by atoms with Gasteiger partial charge in [0.05, 0.1) is 13.0 Å². The molecule has 2 amide bonds. The number of rotatable bonds is 4. The first-order valence-electron chi connectivity index (χ1n) is 8.46. The number of esters is 1. The van der Waals surface area contributed by atoms with Crippen LogP contribution >= 0.6 is 19.6 Å². The molecule has 4 N–H and O–H groups in total. The lowest BCUT2D eigenvalue weighted by atomic mass is 9.86. The Bertz CT molecular complexity index is 594. The van der Waals surface area contributed by atoms with Crippen molar-refractivity contribution in [2.75, 3.05) is 25.4 Å². The molecule has 1 aliphatic rings. The van der Waals surface area contributed by atoms with Gasteiger partial charge >= 0.3 is 13.8 Å². The van der Waals surface area contributed by atoms with Gasteiger partial charge in [0, 0.05) is 35.9 Å². The normalized spacial score (nSPS) is 24.4. The number of thioether (sulfide) groups is 1. The molecule has 1 heterocycles. The SMILES string of the molecule is CC1CC(=O)O[C@H](C(C)(C)COP(=O)(O)O)C(=O)NCCC(=O)NCCS1. The number of carbonyl (C=O) groups is 3. The first-order chi connectivity index (χ1) is 12.4. The summed E-state index contributed by atoms with van der Waals surface area (Å²) in [5.74, 6) is -0.830. The average Bonchev–Trinajstić information content (AvgIpc) is 2.53. The van der Waals surface area contributed by atoms with Crippen LogP contribution in [0.5, 0.6) is 0 Å². The first kappa shape index (κ1) is 23.9. The molecule has 2 atom stereocenters. The first-order valence-corrected chi connectivity index (χ1v) is 11.0. The highest BCUT2D eigenvalue weighted by molar-refractivity contribution is 7.99. The number of ether oxygens (including phenoxy) is 1. The van der Waals surface area contributed by atoms with Gasteiger partial charge in [-0.25, -0.2) is 4.57 Å². The fraction of sp³-hybridized carbons (Fsp3) is 0.800. The highest BCUT2D eigenvalue weighted by Crippen LogP contribution is 2.39. The van der Waals surface area contributed by atoms with E-state index in [4.69, 9.17) is 14.5 Å². The number of phosphoric ester groups is 1. The van der Waals surface area contributed by atoms with Crippen LogP contribution in [0.3, 0.4) is 0 Å². The molecule has 12 heteroatoms. The Labute approximate surface area is 162 Å². The third-order valence-electron chi connectivity index (χ3n) is 3.73. The second-order valence-corrected chi connectivity index (χ2v) is 9.68. The summed E-state index contributed by atoms with van der Waals surface area (Å²) in [5, 5.41) is 5.16. The largest absolute Gasteiger partial charge is 0.469 e. The third kappa shape index (κ3) is 9.57. The summed E-state index contributed by atoms with van der Waals surface area (Å²) in [7, 11) is -4.75. The Kier molecular flexibility index (Phi) is 9.23. The summed E-state index contributed by atoms with van der Waals surface area (Å²) in [4.78, 5) is 54.3. The molecule has 0 saturated carbocycles. The molecule has 0 aliphatic carbocycles.